The third kappa shape index (κ3) is 3.63. The number of carbonyl (C=O) groups excluding carboxylic acids is 1. The number of rotatable bonds is 3. The van der Waals surface area contributed by atoms with Crippen LogP contribution in [0.15, 0.2) is 41.3 Å². The smallest absolute Gasteiger partial charge is 0.289 e. The number of hydrogen-bond donors (Lipinski definition) is 1. The van der Waals surface area contributed by atoms with Crippen LogP contribution in [0.3, 0.4) is 0 Å². The van der Waals surface area contributed by atoms with Crippen LogP contribution in [0.1, 0.15) is 21.5 Å². The van der Waals surface area contributed by atoms with Gasteiger partial charge in [-0.05, 0) is 48.9 Å². The zero-order valence-corrected chi connectivity index (χ0v) is 13.1. The van der Waals surface area contributed by atoms with Crippen molar-refractivity contribution in [3.05, 3.63) is 63.1 Å². The van der Waals surface area contributed by atoms with E-state index in [0.717, 1.165) is 0 Å². The third-order valence-corrected chi connectivity index (χ3v) is 4.15. The molecule has 21 heavy (non-hydrogen) atoms. The number of benzene rings is 2. The molecule has 7 heteroatoms. The normalized spacial score (nSPS) is 11.4. The van der Waals surface area contributed by atoms with Crippen molar-refractivity contribution in [1.82, 2.24) is 0 Å². The fourth-order valence-electron chi connectivity index (χ4n) is 1.89. The molecular weight excluding hydrogens is 335 g/mol. The van der Waals surface area contributed by atoms with Gasteiger partial charge in [-0.1, -0.05) is 23.2 Å². The van der Waals surface area contributed by atoms with Crippen LogP contribution in [-0.2, 0) is 10.1 Å². The summed E-state index contributed by atoms with van der Waals surface area (Å²) in [6.45, 7) is 1.58. The lowest BCUT2D eigenvalue weighted by atomic mass is 9.99. The molecule has 0 saturated heterocycles. The van der Waals surface area contributed by atoms with Gasteiger partial charge in [-0.15, -0.1) is 0 Å². The van der Waals surface area contributed by atoms with Gasteiger partial charge in [0.1, 0.15) is 0 Å². The van der Waals surface area contributed by atoms with Gasteiger partial charge in [-0.2, -0.15) is 8.42 Å². The molecule has 0 aromatic heterocycles. The van der Waals surface area contributed by atoms with E-state index >= 15 is 0 Å². The lowest BCUT2D eigenvalue weighted by molar-refractivity contribution is 0.103. The summed E-state index contributed by atoms with van der Waals surface area (Å²) >= 11 is 11.7. The fourth-order valence-corrected chi connectivity index (χ4v) is 2.98. The minimum Gasteiger partial charge on any atom is -0.289 e. The molecule has 0 spiro atoms. The van der Waals surface area contributed by atoms with E-state index in [1.165, 1.54) is 36.4 Å². The minimum atomic E-state index is -4.30. The largest absolute Gasteiger partial charge is 0.294 e. The molecule has 110 valence electrons. The summed E-state index contributed by atoms with van der Waals surface area (Å²) in [4.78, 5) is 12.1. The first-order valence-electron chi connectivity index (χ1n) is 5.77. The molecule has 0 amide bonds. The van der Waals surface area contributed by atoms with Gasteiger partial charge < -0.3 is 0 Å². The van der Waals surface area contributed by atoms with Crippen LogP contribution in [0.2, 0.25) is 10.0 Å². The molecule has 4 nitrogen and oxygen atoms in total. The van der Waals surface area contributed by atoms with Gasteiger partial charge in [-0.3, -0.25) is 9.35 Å². The number of halogens is 2. The lowest BCUT2D eigenvalue weighted by Gasteiger charge is -2.07. The molecule has 0 aliphatic heterocycles. The summed E-state index contributed by atoms with van der Waals surface area (Å²) < 4.78 is 31.1. The molecule has 0 bridgehead atoms. The Bertz CT molecular complexity index is 809. The maximum atomic E-state index is 12.4. The number of carbonyl (C=O) groups is 1. The summed E-state index contributed by atoms with van der Waals surface area (Å²) in [5, 5.41) is 0.663. The van der Waals surface area contributed by atoms with Crippen molar-refractivity contribution >= 4 is 39.1 Å². The minimum absolute atomic E-state index is 0.263. The van der Waals surface area contributed by atoms with Crippen LogP contribution < -0.4 is 0 Å². The van der Waals surface area contributed by atoms with Crippen molar-refractivity contribution in [1.29, 1.82) is 0 Å². The predicted octanol–water partition coefficient (Wildman–Crippen LogP) is 3.78. The summed E-state index contributed by atoms with van der Waals surface area (Å²) in [5.74, 6) is -0.334. The van der Waals surface area contributed by atoms with Crippen molar-refractivity contribution in [3.63, 3.8) is 0 Å². The second kappa shape index (κ2) is 5.77. The van der Waals surface area contributed by atoms with Gasteiger partial charge in [0.2, 0.25) is 0 Å². The Labute approximate surface area is 132 Å². The highest BCUT2D eigenvalue weighted by Crippen LogP contribution is 2.23. The second-order valence-electron chi connectivity index (χ2n) is 4.44. The van der Waals surface area contributed by atoms with E-state index in [4.69, 9.17) is 27.8 Å². The van der Waals surface area contributed by atoms with Gasteiger partial charge in [-0.25, -0.2) is 0 Å². The van der Waals surface area contributed by atoms with Crippen molar-refractivity contribution in [3.8, 4) is 0 Å². The van der Waals surface area contributed by atoms with Crippen LogP contribution in [0.4, 0.5) is 0 Å². The second-order valence-corrected chi connectivity index (χ2v) is 6.73. The van der Waals surface area contributed by atoms with E-state index in [2.05, 4.69) is 0 Å². The molecule has 0 radical (unpaired) electrons. The predicted molar refractivity (Wildman–Crippen MR) is 80.9 cm³/mol. The zero-order chi connectivity index (χ0) is 15.8. The maximum Gasteiger partial charge on any atom is 0.294 e. The van der Waals surface area contributed by atoms with E-state index < -0.39 is 10.1 Å². The number of hydrogen-bond acceptors (Lipinski definition) is 3. The topological polar surface area (TPSA) is 71.4 Å². The molecule has 1 N–H and O–H groups in total. The average Bonchev–Trinajstić information content (AvgIpc) is 2.35. The monoisotopic (exact) mass is 344 g/mol. The first kappa shape index (κ1) is 16.0. The van der Waals surface area contributed by atoms with Crippen molar-refractivity contribution < 1.29 is 17.8 Å². The van der Waals surface area contributed by atoms with Crippen LogP contribution >= 0.6 is 23.2 Å². The number of ketones is 1. The van der Waals surface area contributed by atoms with Crippen LogP contribution in [0, 0.1) is 6.92 Å². The highest BCUT2D eigenvalue weighted by atomic mass is 35.5. The lowest BCUT2D eigenvalue weighted by Crippen LogP contribution is -2.06. The van der Waals surface area contributed by atoms with Crippen molar-refractivity contribution in [2.24, 2.45) is 0 Å². The van der Waals surface area contributed by atoms with Gasteiger partial charge in [0.15, 0.2) is 5.78 Å². The van der Waals surface area contributed by atoms with Gasteiger partial charge in [0.05, 0.1) is 4.90 Å². The molecule has 0 heterocycles. The van der Waals surface area contributed by atoms with Crippen LogP contribution in [0.25, 0.3) is 0 Å². The van der Waals surface area contributed by atoms with Gasteiger partial charge >= 0.3 is 0 Å². The SMILES string of the molecule is Cc1cc(S(=O)(=O)O)ccc1C(=O)c1cc(Cl)cc(Cl)c1. The van der Waals surface area contributed by atoms with Gasteiger partial charge in [0.25, 0.3) is 10.1 Å². The Morgan fingerprint density at radius 1 is 1.05 bits per heavy atom. The Hall–Kier alpha value is -1.40. The van der Waals surface area contributed by atoms with Crippen molar-refractivity contribution in [2.75, 3.05) is 0 Å². The first-order valence-corrected chi connectivity index (χ1v) is 7.97. The highest BCUT2D eigenvalue weighted by Gasteiger charge is 2.16. The van der Waals surface area contributed by atoms with Crippen LogP contribution in [-0.4, -0.2) is 18.8 Å². The summed E-state index contributed by atoms with van der Waals surface area (Å²) in [6.07, 6.45) is 0. The van der Waals surface area contributed by atoms with Gasteiger partial charge in [0, 0.05) is 21.2 Å². The molecule has 0 unspecified atom stereocenters. The highest BCUT2D eigenvalue weighted by molar-refractivity contribution is 7.85. The third-order valence-electron chi connectivity index (χ3n) is 2.87. The molecule has 2 aromatic carbocycles. The first-order chi connectivity index (χ1) is 9.68. The molecule has 0 atom stereocenters. The summed E-state index contributed by atoms with van der Waals surface area (Å²) in [7, 11) is -4.30. The van der Waals surface area contributed by atoms with E-state index in [1.54, 1.807) is 6.92 Å². The summed E-state index contributed by atoms with van der Waals surface area (Å²) in [5.41, 5.74) is 1.03. The zero-order valence-electron chi connectivity index (χ0n) is 10.8. The fraction of sp³-hybridized carbons (Fsp3) is 0.0714. The Morgan fingerprint density at radius 3 is 2.10 bits per heavy atom. The van der Waals surface area contributed by atoms with Crippen molar-refractivity contribution in [2.45, 2.75) is 11.8 Å². The molecule has 0 fully saturated rings. The van der Waals surface area contributed by atoms with E-state index in [0.29, 0.717) is 26.7 Å². The molecule has 0 saturated carbocycles. The molecule has 2 aromatic rings. The Balaban J connectivity index is 2.49. The molecular formula is C14H10Cl2O4S. The Kier molecular flexibility index (Phi) is 4.39. The maximum absolute atomic E-state index is 12.4. The van der Waals surface area contributed by atoms with E-state index in [-0.39, 0.29) is 10.7 Å². The molecule has 0 aliphatic carbocycles. The van der Waals surface area contributed by atoms with E-state index in [1.807, 2.05) is 0 Å². The Morgan fingerprint density at radius 2 is 1.62 bits per heavy atom. The molecule has 0 aliphatic rings. The standard InChI is InChI=1S/C14H10Cl2O4S/c1-8-4-12(21(18,19)20)2-3-13(8)14(17)9-5-10(15)7-11(16)6-9/h2-7H,1H3,(H,18,19,20). The quantitative estimate of drug-likeness (QED) is 0.679. The average molecular weight is 345 g/mol. The van der Waals surface area contributed by atoms with E-state index in [9.17, 15) is 13.2 Å². The molecule has 2 rings (SSSR count). The summed E-state index contributed by atoms with van der Waals surface area (Å²) in [6, 6.07) is 8.21. The number of aryl methyl sites for hydroxylation is 1. The van der Waals surface area contributed by atoms with Crippen LogP contribution in [0.5, 0.6) is 0 Å².